The summed E-state index contributed by atoms with van der Waals surface area (Å²) >= 11 is 0. The molecule has 1 unspecified atom stereocenters. The van der Waals surface area contributed by atoms with Crippen molar-refractivity contribution in [3.8, 4) is 0 Å². The number of likely N-dealkylation sites (tertiary alicyclic amines) is 1. The minimum Gasteiger partial charge on any atom is -0.507 e. The Hall–Kier alpha value is -2.92. The number of aliphatic hydroxyl groups is 1. The maximum atomic E-state index is 12.7. The number of ketones is 1. The molecule has 1 atom stereocenters. The van der Waals surface area contributed by atoms with E-state index in [1.54, 1.807) is 29.2 Å². The Bertz CT molecular complexity index is 829. The third kappa shape index (κ3) is 3.39. The van der Waals surface area contributed by atoms with Gasteiger partial charge in [-0.1, -0.05) is 60.7 Å². The third-order valence-corrected chi connectivity index (χ3v) is 4.49. The molecule has 1 amide bonds. The van der Waals surface area contributed by atoms with Crippen LogP contribution in [0.3, 0.4) is 0 Å². The van der Waals surface area contributed by atoms with Gasteiger partial charge in [-0.3, -0.25) is 9.59 Å². The molecule has 2 aromatic carbocycles. The largest absolute Gasteiger partial charge is 0.507 e. The highest BCUT2D eigenvalue weighted by Gasteiger charge is 2.45. The van der Waals surface area contributed by atoms with Crippen molar-refractivity contribution in [2.24, 2.45) is 0 Å². The van der Waals surface area contributed by atoms with Gasteiger partial charge >= 0.3 is 0 Å². The molecule has 0 radical (unpaired) electrons. The van der Waals surface area contributed by atoms with E-state index in [-0.39, 0.29) is 11.3 Å². The molecule has 1 aliphatic heterocycles. The first-order valence-corrected chi connectivity index (χ1v) is 8.54. The van der Waals surface area contributed by atoms with Gasteiger partial charge in [0.25, 0.3) is 11.7 Å². The maximum absolute atomic E-state index is 12.7. The molecule has 26 heavy (non-hydrogen) atoms. The van der Waals surface area contributed by atoms with Gasteiger partial charge in [0.15, 0.2) is 0 Å². The highest BCUT2D eigenvalue weighted by Crippen LogP contribution is 2.38. The molecular formula is C21H22N2O3. The molecule has 0 saturated carbocycles. The predicted molar refractivity (Wildman–Crippen MR) is 100 cm³/mol. The number of hydrogen-bond donors (Lipinski definition) is 1. The summed E-state index contributed by atoms with van der Waals surface area (Å²) in [7, 11) is 3.83. The second-order valence-corrected chi connectivity index (χ2v) is 6.57. The van der Waals surface area contributed by atoms with Gasteiger partial charge in [-0.25, -0.2) is 0 Å². The molecule has 0 aliphatic carbocycles. The lowest BCUT2D eigenvalue weighted by molar-refractivity contribution is -0.140. The van der Waals surface area contributed by atoms with Gasteiger partial charge < -0.3 is 14.9 Å². The van der Waals surface area contributed by atoms with E-state index >= 15 is 0 Å². The van der Waals surface area contributed by atoms with Crippen molar-refractivity contribution >= 4 is 17.4 Å². The van der Waals surface area contributed by atoms with Gasteiger partial charge in [-0.15, -0.1) is 0 Å². The van der Waals surface area contributed by atoms with Gasteiger partial charge in [-0.05, 0) is 19.7 Å². The van der Waals surface area contributed by atoms with E-state index in [0.717, 1.165) is 5.56 Å². The number of carbonyl (C=O) groups is 2. The molecule has 5 heteroatoms. The molecular weight excluding hydrogens is 328 g/mol. The summed E-state index contributed by atoms with van der Waals surface area (Å²) in [6, 6.07) is 17.6. The van der Waals surface area contributed by atoms with Crippen LogP contribution in [0, 0.1) is 0 Å². The predicted octanol–water partition coefficient (Wildman–Crippen LogP) is 2.67. The zero-order valence-electron chi connectivity index (χ0n) is 14.9. The fraction of sp³-hybridized carbons (Fsp3) is 0.238. The van der Waals surface area contributed by atoms with Gasteiger partial charge in [0.1, 0.15) is 5.76 Å². The number of carbonyl (C=O) groups excluding carboxylic acids is 2. The summed E-state index contributed by atoms with van der Waals surface area (Å²) in [4.78, 5) is 28.9. The zero-order chi connectivity index (χ0) is 18.7. The van der Waals surface area contributed by atoms with E-state index in [9.17, 15) is 14.7 Å². The van der Waals surface area contributed by atoms with Crippen LogP contribution in [0.1, 0.15) is 17.2 Å². The third-order valence-electron chi connectivity index (χ3n) is 4.49. The van der Waals surface area contributed by atoms with Crippen LogP contribution in [0.25, 0.3) is 5.76 Å². The maximum Gasteiger partial charge on any atom is 0.295 e. The van der Waals surface area contributed by atoms with Crippen LogP contribution in [0.2, 0.25) is 0 Å². The Morgan fingerprint density at radius 1 is 1.00 bits per heavy atom. The number of likely N-dealkylation sites (N-methyl/N-ethyl adjacent to an activating group) is 1. The molecule has 2 aromatic rings. The summed E-state index contributed by atoms with van der Waals surface area (Å²) in [5, 5.41) is 10.8. The standard InChI is InChI=1S/C21H22N2O3/c1-22(2)13-14-23-18(15-9-5-3-6-10-15)17(20(25)21(23)26)19(24)16-11-7-4-8-12-16/h3-12,18,24H,13-14H2,1-2H3. The normalized spacial score (nSPS) is 19.3. The first kappa shape index (κ1) is 17.9. The topological polar surface area (TPSA) is 60.9 Å². The number of aliphatic hydroxyl groups excluding tert-OH is 1. The monoisotopic (exact) mass is 350 g/mol. The average molecular weight is 350 g/mol. The number of amides is 1. The van der Waals surface area contributed by atoms with E-state index in [2.05, 4.69) is 0 Å². The first-order valence-electron chi connectivity index (χ1n) is 8.54. The number of benzene rings is 2. The Labute approximate surface area is 153 Å². The van der Waals surface area contributed by atoms with E-state index < -0.39 is 17.7 Å². The average Bonchev–Trinajstić information content (AvgIpc) is 2.91. The second-order valence-electron chi connectivity index (χ2n) is 6.57. The summed E-state index contributed by atoms with van der Waals surface area (Å²) in [5.41, 5.74) is 1.48. The summed E-state index contributed by atoms with van der Waals surface area (Å²) in [6.45, 7) is 1.03. The fourth-order valence-electron chi connectivity index (χ4n) is 3.15. The Kier molecular flexibility index (Phi) is 5.19. The van der Waals surface area contributed by atoms with Crippen LogP contribution in [-0.4, -0.2) is 53.8 Å². The lowest BCUT2D eigenvalue weighted by Crippen LogP contribution is -2.35. The van der Waals surface area contributed by atoms with E-state index in [1.165, 1.54) is 0 Å². The lowest BCUT2D eigenvalue weighted by atomic mass is 9.95. The molecule has 5 nitrogen and oxygen atoms in total. The molecule has 1 N–H and O–H groups in total. The van der Waals surface area contributed by atoms with Crippen LogP contribution in [0.15, 0.2) is 66.2 Å². The van der Waals surface area contributed by atoms with Crippen LogP contribution < -0.4 is 0 Å². The van der Waals surface area contributed by atoms with Crippen LogP contribution in [-0.2, 0) is 9.59 Å². The fourth-order valence-corrected chi connectivity index (χ4v) is 3.15. The van der Waals surface area contributed by atoms with Crippen molar-refractivity contribution in [3.63, 3.8) is 0 Å². The van der Waals surface area contributed by atoms with Gasteiger partial charge in [0, 0.05) is 18.7 Å². The van der Waals surface area contributed by atoms with Crippen molar-refractivity contribution in [2.45, 2.75) is 6.04 Å². The van der Waals surface area contributed by atoms with Gasteiger partial charge in [0.2, 0.25) is 0 Å². The van der Waals surface area contributed by atoms with Crippen molar-refractivity contribution in [1.29, 1.82) is 0 Å². The number of hydrogen-bond acceptors (Lipinski definition) is 4. The summed E-state index contributed by atoms with van der Waals surface area (Å²) in [5.74, 6) is -1.35. The molecule has 3 rings (SSSR count). The van der Waals surface area contributed by atoms with E-state index in [1.807, 2.05) is 55.4 Å². The molecule has 0 aromatic heterocycles. The van der Waals surface area contributed by atoms with Crippen molar-refractivity contribution < 1.29 is 14.7 Å². The summed E-state index contributed by atoms with van der Waals surface area (Å²) in [6.07, 6.45) is 0. The minimum absolute atomic E-state index is 0.134. The molecule has 134 valence electrons. The van der Waals surface area contributed by atoms with Crippen molar-refractivity contribution in [2.75, 3.05) is 27.2 Å². The minimum atomic E-state index is -0.640. The first-order chi connectivity index (χ1) is 12.5. The second kappa shape index (κ2) is 7.54. The molecule has 1 fully saturated rings. The zero-order valence-corrected chi connectivity index (χ0v) is 14.9. The number of Topliss-reactive ketones (excluding diaryl/α,β-unsaturated/α-hetero) is 1. The van der Waals surface area contributed by atoms with Gasteiger partial charge in [0.05, 0.1) is 11.6 Å². The smallest absolute Gasteiger partial charge is 0.295 e. The van der Waals surface area contributed by atoms with E-state index in [4.69, 9.17) is 0 Å². The van der Waals surface area contributed by atoms with Crippen molar-refractivity contribution in [1.82, 2.24) is 9.80 Å². The quantitative estimate of drug-likeness (QED) is 0.512. The van der Waals surface area contributed by atoms with Crippen LogP contribution >= 0.6 is 0 Å². The van der Waals surface area contributed by atoms with E-state index in [0.29, 0.717) is 18.7 Å². The highest BCUT2D eigenvalue weighted by molar-refractivity contribution is 6.46. The molecule has 1 saturated heterocycles. The molecule has 1 heterocycles. The SMILES string of the molecule is CN(C)CCN1C(=O)C(=O)C(=C(O)c2ccccc2)C1c1ccccc1. The van der Waals surface area contributed by atoms with Crippen LogP contribution in [0.4, 0.5) is 0 Å². The van der Waals surface area contributed by atoms with Crippen molar-refractivity contribution in [3.05, 3.63) is 77.4 Å². The highest BCUT2D eigenvalue weighted by atomic mass is 16.3. The van der Waals surface area contributed by atoms with Crippen LogP contribution in [0.5, 0.6) is 0 Å². The number of nitrogens with zero attached hydrogens (tertiary/aromatic N) is 2. The molecule has 1 aliphatic rings. The molecule has 0 spiro atoms. The Morgan fingerprint density at radius 3 is 2.15 bits per heavy atom. The van der Waals surface area contributed by atoms with Gasteiger partial charge in [-0.2, -0.15) is 0 Å². The Morgan fingerprint density at radius 2 is 1.58 bits per heavy atom. The lowest BCUT2D eigenvalue weighted by Gasteiger charge is -2.26. The Balaban J connectivity index is 2.12. The molecule has 0 bridgehead atoms. The summed E-state index contributed by atoms with van der Waals surface area (Å²) < 4.78 is 0. The number of rotatable bonds is 5.